The van der Waals surface area contributed by atoms with E-state index < -0.39 is 6.10 Å². The standard InChI is InChI=1S/C29H36FN3O5/c30-24-10-8-23(9-11-24)28-27(29(38-31-28)33-12-15-35-16-13-33)19-32(18-26-7-4-14-37-26)17-25(34)21-36-20-22-5-2-1-3-6-22/h1-3,5-6,8-11,25-26,34H,4,7,12-21H2/t25-,26-/m1/s1. The quantitative estimate of drug-likeness (QED) is 0.382. The molecule has 3 heterocycles. The lowest BCUT2D eigenvalue weighted by atomic mass is 10.1. The Morgan fingerprint density at radius 1 is 1.08 bits per heavy atom. The highest BCUT2D eigenvalue weighted by molar-refractivity contribution is 5.68. The average molecular weight is 526 g/mol. The van der Waals surface area contributed by atoms with E-state index in [0.29, 0.717) is 64.1 Å². The SMILES string of the molecule is O[C@@H](COCc1ccccc1)CN(Cc1c(-c2ccc(F)cc2)noc1N1CCOCC1)C[C@H]1CCCO1. The second-order valence-corrected chi connectivity index (χ2v) is 9.90. The molecule has 1 aromatic heterocycles. The number of ether oxygens (including phenoxy) is 3. The van der Waals surface area contributed by atoms with E-state index in [0.717, 1.165) is 36.1 Å². The van der Waals surface area contributed by atoms with Crippen molar-refractivity contribution in [1.29, 1.82) is 0 Å². The average Bonchev–Trinajstić information content (AvgIpc) is 3.60. The lowest BCUT2D eigenvalue weighted by Crippen LogP contribution is -2.40. The molecule has 38 heavy (non-hydrogen) atoms. The van der Waals surface area contributed by atoms with E-state index in [1.165, 1.54) is 12.1 Å². The van der Waals surface area contributed by atoms with E-state index in [2.05, 4.69) is 15.0 Å². The number of aliphatic hydroxyl groups is 1. The molecular formula is C29H36FN3O5. The third-order valence-corrected chi connectivity index (χ3v) is 6.94. The van der Waals surface area contributed by atoms with Crippen molar-refractivity contribution in [1.82, 2.24) is 10.1 Å². The third-order valence-electron chi connectivity index (χ3n) is 6.94. The van der Waals surface area contributed by atoms with Crippen molar-refractivity contribution in [3.63, 3.8) is 0 Å². The van der Waals surface area contributed by atoms with Crippen molar-refractivity contribution in [2.45, 2.75) is 38.2 Å². The van der Waals surface area contributed by atoms with Gasteiger partial charge in [-0.25, -0.2) is 4.39 Å². The first-order chi connectivity index (χ1) is 18.7. The smallest absolute Gasteiger partial charge is 0.232 e. The molecule has 204 valence electrons. The van der Waals surface area contributed by atoms with Crippen LogP contribution >= 0.6 is 0 Å². The molecule has 8 nitrogen and oxygen atoms in total. The Balaban J connectivity index is 1.34. The van der Waals surface area contributed by atoms with Crippen LogP contribution in [0.1, 0.15) is 24.0 Å². The van der Waals surface area contributed by atoms with Gasteiger partial charge in [0.25, 0.3) is 0 Å². The highest BCUT2D eigenvalue weighted by Crippen LogP contribution is 2.33. The van der Waals surface area contributed by atoms with Gasteiger partial charge in [-0.15, -0.1) is 0 Å². The zero-order chi connectivity index (χ0) is 26.2. The molecule has 0 spiro atoms. The topological polar surface area (TPSA) is 80.4 Å². The number of aliphatic hydroxyl groups excluding tert-OH is 1. The summed E-state index contributed by atoms with van der Waals surface area (Å²) in [4.78, 5) is 4.33. The van der Waals surface area contributed by atoms with Crippen molar-refractivity contribution in [2.24, 2.45) is 0 Å². The lowest BCUT2D eigenvalue weighted by Gasteiger charge is -2.30. The van der Waals surface area contributed by atoms with E-state index in [4.69, 9.17) is 18.7 Å². The van der Waals surface area contributed by atoms with Crippen molar-refractivity contribution in [3.8, 4) is 11.3 Å². The number of hydrogen-bond donors (Lipinski definition) is 1. The van der Waals surface area contributed by atoms with Crippen LogP contribution in [0.15, 0.2) is 59.1 Å². The maximum Gasteiger partial charge on any atom is 0.232 e. The molecule has 0 unspecified atom stereocenters. The van der Waals surface area contributed by atoms with Crippen LogP contribution in [0.3, 0.4) is 0 Å². The summed E-state index contributed by atoms with van der Waals surface area (Å²) in [6.45, 7) is 5.64. The third kappa shape index (κ3) is 7.18. The van der Waals surface area contributed by atoms with Crippen molar-refractivity contribution in [2.75, 3.05) is 57.5 Å². The van der Waals surface area contributed by atoms with Crippen LogP contribution in [0, 0.1) is 5.82 Å². The zero-order valence-electron chi connectivity index (χ0n) is 21.6. The highest BCUT2D eigenvalue weighted by Gasteiger charge is 2.28. The van der Waals surface area contributed by atoms with E-state index in [-0.39, 0.29) is 18.5 Å². The van der Waals surface area contributed by atoms with Crippen molar-refractivity contribution in [3.05, 3.63) is 71.5 Å². The molecule has 2 atom stereocenters. The van der Waals surface area contributed by atoms with Gasteiger partial charge >= 0.3 is 0 Å². The van der Waals surface area contributed by atoms with Crippen LogP contribution in [-0.4, -0.2) is 80.0 Å². The number of benzene rings is 2. The van der Waals surface area contributed by atoms with Crippen LogP contribution < -0.4 is 4.90 Å². The van der Waals surface area contributed by atoms with E-state index >= 15 is 0 Å². The Labute approximate surface area is 222 Å². The molecule has 2 aliphatic heterocycles. The second kappa shape index (κ2) is 13.3. The Hall–Kier alpha value is -2.82. The van der Waals surface area contributed by atoms with E-state index in [1.54, 1.807) is 12.1 Å². The van der Waals surface area contributed by atoms with Gasteiger partial charge in [-0.05, 0) is 42.7 Å². The number of halogens is 1. The molecule has 2 aromatic carbocycles. The normalized spacial score (nSPS) is 18.8. The first kappa shape index (κ1) is 26.8. The molecule has 1 N–H and O–H groups in total. The van der Waals surface area contributed by atoms with Gasteiger partial charge in [0.1, 0.15) is 11.5 Å². The fourth-order valence-electron chi connectivity index (χ4n) is 5.03. The summed E-state index contributed by atoms with van der Waals surface area (Å²) in [5, 5.41) is 15.3. The number of hydrogen-bond acceptors (Lipinski definition) is 8. The van der Waals surface area contributed by atoms with Crippen molar-refractivity contribution < 1.29 is 28.2 Å². The van der Waals surface area contributed by atoms with Gasteiger partial charge in [0.15, 0.2) is 0 Å². The minimum absolute atomic E-state index is 0.105. The van der Waals surface area contributed by atoms with Gasteiger partial charge in [-0.2, -0.15) is 0 Å². The number of rotatable bonds is 12. The largest absolute Gasteiger partial charge is 0.389 e. The summed E-state index contributed by atoms with van der Waals surface area (Å²) < 4.78 is 36.8. The molecule has 0 bridgehead atoms. The van der Waals surface area contributed by atoms with Gasteiger partial charge in [0.05, 0.1) is 44.2 Å². The number of morpholine rings is 1. The molecule has 0 saturated carbocycles. The Morgan fingerprint density at radius 3 is 2.61 bits per heavy atom. The predicted molar refractivity (Wildman–Crippen MR) is 141 cm³/mol. The van der Waals surface area contributed by atoms with Crippen LogP contribution in [0.5, 0.6) is 0 Å². The summed E-state index contributed by atoms with van der Waals surface area (Å²) in [7, 11) is 0. The predicted octanol–water partition coefficient (Wildman–Crippen LogP) is 3.88. The molecule has 2 saturated heterocycles. The van der Waals surface area contributed by atoms with Gasteiger partial charge in [0.2, 0.25) is 5.88 Å². The monoisotopic (exact) mass is 525 g/mol. The summed E-state index contributed by atoms with van der Waals surface area (Å²) in [5.41, 5.74) is 3.44. The molecule has 9 heteroatoms. The zero-order valence-corrected chi connectivity index (χ0v) is 21.6. The van der Waals surface area contributed by atoms with E-state index in [9.17, 15) is 9.50 Å². The molecular weight excluding hydrogens is 489 g/mol. The fraction of sp³-hybridized carbons (Fsp3) is 0.483. The molecule has 2 aliphatic rings. The van der Waals surface area contributed by atoms with Crippen LogP contribution in [-0.2, 0) is 27.4 Å². The summed E-state index contributed by atoms with van der Waals surface area (Å²) >= 11 is 0. The number of nitrogens with zero attached hydrogens (tertiary/aromatic N) is 3. The maximum atomic E-state index is 13.7. The fourth-order valence-corrected chi connectivity index (χ4v) is 5.03. The molecule has 2 fully saturated rings. The van der Waals surface area contributed by atoms with Crippen LogP contribution in [0.4, 0.5) is 10.3 Å². The molecule has 3 aromatic rings. The Kier molecular flexibility index (Phi) is 9.37. The van der Waals surface area contributed by atoms with Crippen molar-refractivity contribution >= 4 is 5.88 Å². The minimum atomic E-state index is -0.680. The Morgan fingerprint density at radius 2 is 1.87 bits per heavy atom. The lowest BCUT2D eigenvalue weighted by molar-refractivity contribution is -0.00286. The van der Waals surface area contributed by atoms with Gasteiger partial charge in [-0.3, -0.25) is 4.90 Å². The van der Waals surface area contributed by atoms with Crippen LogP contribution in [0.2, 0.25) is 0 Å². The van der Waals surface area contributed by atoms with Gasteiger partial charge in [0, 0.05) is 44.9 Å². The summed E-state index contributed by atoms with van der Waals surface area (Å²) in [6, 6.07) is 16.2. The second-order valence-electron chi connectivity index (χ2n) is 9.90. The molecule has 0 radical (unpaired) electrons. The van der Waals surface area contributed by atoms with Crippen LogP contribution in [0.25, 0.3) is 11.3 Å². The summed E-state index contributed by atoms with van der Waals surface area (Å²) in [6.07, 6.45) is 1.45. The first-order valence-corrected chi connectivity index (χ1v) is 13.4. The first-order valence-electron chi connectivity index (χ1n) is 13.4. The van der Waals surface area contributed by atoms with E-state index in [1.807, 2.05) is 30.3 Å². The molecule has 5 rings (SSSR count). The molecule has 0 amide bonds. The van der Waals surface area contributed by atoms with Gasteiger partial charge < -0.3 is 28.7 Å². The molecule has 0 aliphatic carbocycles. The number of anilines is 1. The maximum absolute atomic E-state index is 13.7. The Bertz CT molecular complexity index is 1120. The minimum Gasteiger partial charge on any atom is -0.389 e. The summed E-state index contributed by atoms with van der Waals surface area (Å²) in [5.74, 6) is 0.394. The van der Waals surface area contributed by atoms with Gasteiger partial charge in [-0.1, -0.05) is 35.5 Å². The highest BCUT2D eigenvalue weighted by atomic mass is 19.1. The number of aromatic nitrogens is 1.